The number of carbonyl (C=O) groups is 1. The summed E-state index contributed by atoms with van der Waals surface area (Å²) in [6.45, 7) is 0. The molecule has 0 aromatic heterocycles. The maximum atomic E-state index is 9.78. The highest BCUT2D eigenvalue weighted by atomic mass is 32.2. The minimum absolute atomic E-state index is 0.175. The highest BCUT2D eigenvalue weighted by molar-refractivity contribution is 8.11. The molecule has 0 atom stereocenters. The Balaban J connectivity index is 2.99. The first-order chi connectivity index (χ1) is 2.81. The summed E-state index contributed by atoms with van der Waals surface area (Å²) >= 11 is 0.175. The van der Waals surface area contributed by atoms with Crippen LogP contribution in [-0.4, -0.2) is 12.3 Å². The molecule has 0 bridgehead atoms. The van der Waals surface area contributed by atoms with Crippen LogP contribution in [0.5, 0.6) is 0 Å². The third-order valence-corrected chi connectivity index (χ3v) is 0.657. The van der Waals surface area contributed by atoms with Gasteiger partial charge in [-0.1, -0.05) is 5.14 Å². The number of carbonyl (C=O) groups excluding carboxylic acids is 1. The molecule has 0 saturated heterocycles. The van der Waals surface area contributed by atoms with Gasteiger partial charge in [-0.2, -0.15) is 0 Å². The summed E-state index contributed by atoms with van der Waals surface area (Å²) in [5, 5.41) is 9.59. The number of nitrogens with zero attached hydrogens (tertiary/aromatic N) is 1. The summed E-state index contributed by atoms with van der Waals surface area (Å²) in [5.41, 5.74) is 0. The Labute approximate surface area is 40.4 Å². The van der Waals surface area contributed by atoms with Crippen molar-refractivity contribution in [3.8, 4) is 0 Å². The van der Waals surface area contributed by atoms with Crippen LogP contribution in [0.3, 0.4) is 0 Å². The molecule has 0 fully saturated rings. The molecule has 0 saturated carbocycles. The van der Waals surface area contributed by atoms with Crippen molar-refractivity contribution >= 4 is 17.2 Å². The van der Waals surface area contributed by atoms with Crippen molar-refractivity contribution in [2.75, 3.05) is 7.05 Å². The number of rotatable bonds is 0. The molecule has 0 aliphatic carbocycles. The van der Waals surface area contributed by atoms with Crippen LogP contribution < -0.4 is 10.5 Å². The largest absolute Gasteiger partial charge is 0.349 e. The van der Waals surface area contributed by atoms with E-state index in [2.05, 4.69) is 5.32 Å². The fourth-order valence-corrected chi connectivity index (χ4v) is 0.137. The molecule has 1 N–H and O–H groups in total. The van der Waals surface area contributed by atoms with Crippen molar-refractivity contribution in [3.63, 3.8) is 0 Å². The highest BCUT2D eigenvalue weighted by Crippen LogP contribution is 1.86. The molecule has 0 unspecified atom stereocenters. The minimum Gasteiger partial charge on any atom is -0.349 e. The van der Waals surface area contributed by atoms with Crippen molar-refractivity contribution < 1.29 is 4.79 Å². The average molecular weight is 104 g/mol. The number of hydrogen-bond donors (Lipinski definition) is 1. The standard InChI is InChI=1S/C2H4N2OS/c1-4-2(5)6-3/h1H3,(H,4,5). The van der Waals surface area contributed by atoms with Crippen molar-refractivity contribution in [1.82, 2.24) is 10.5 Å². The Bertz CT molecular complexity index is 49.5. The van der Waals surface area contributed by atoms with Gasteiger partial charge in [0.05, 0.1) is 11.9 Å². The van der Waals surface area contributed by atoms with E-state index in [1.807, 2.05) is 0 Å². The molecular weight excluding hydrogens is 100 g/mol. The van der Waals surface area contributed by atoms with Gasteiger partial charge in [-0.05, 0) is 0 Å². The van der Waals surface area contributed by atoms with Crippen LogP contribution in [0.25, 0.3) is 0 Å². The summed E-state index contributed by atoms with van der Waals surface area (Å²) in [5.74, 6) is 0. The Kier molecular flexibility index (Phi) is 2.88. The van der Waals surface area contributed by atoms with Crippen LogP contribution in [0.4, 0.5) is 4.79 Å². The molecule has 0 aliphatic heterocycles. The Hall–Kier alpha value is -0.220. The number of amides is 1. The molecule has 3 nitrogen and oxygen atoms in total. The van der Waals surface area contributed by atoms with E-state index in [4.69, 9.17) is 5.14 Å². The number of hydrogen-bond acceptors (Lipinski definition) is 2. The lowest BCUT2D eigenvalue weighted by molar-refractivity contribution is 0.262. The van der Waals surface area contributed by atoms with Crippen LogP contribution in [-0.2, 0) is 0 Å². The van der Waals surface area contributed by atoms with Crippen LogP contribution >= 0.6 is 11.9 Å². The van der Waals surface area contributed by atoms with Gasteiger partial charge in [0, 0.05) is 7.05 Å². The van der Waals surface area contributed by atoms with E-state index in [-0.39, 0.29) is 11.9 Å². The SMILES string of the molecule is CNC(=O)S[N]. The van der Waals surface area contributed by atoms with Crippen molar-refractivity contribution in [1.29, 1.82) is 0 Å². The molecular formula is C2H4N2OS. The molecule has 0 spiro atoms. The van der Waals surface area contributed by atoms with Crippen molar-refractivity contribution in [3.05, 3.63) is 0 Å². The van der Waals surface area contributed by atoms with E-state index in [1.54, 1.807) is 0 Å². The highest BCUT2D eigenvalue weighted by Gasteiger charge is 1.89. The Morgan fingerprint density at radius 3 is 2.50 bits per heavy atom. The van der Waals surface area contributed by atoms with Crippen LogP contribution in [0, 0.1) is 0 Å². The fraction of sp³-hybridized carbons (Fsp3) is 0.500. The molecule has 1 amide bonds. The average Bonchev–Trinajstić information content (AvgIpc) is 1.65. The monoisotopic (exact) mass is 104 g/mol. The molecule has 0 rings (SSSR count). The predicted molar refractivity (Wildman–Crippen MR) is 24.2 cm³/mol. The molecule has 0 aromatic carbocycles. The summed E-state index contributed by atoms with van der Waals surface area (Å²) in [7, 11) is 1.45. The zero-order chi connectivity index (χ0) is 4.99. The van der Waals surface area contributed by atoms with Gasteiger partial charge in [0.25, 0.3) is 5.24 Å². The second-order valence-corrected chi connectivity index (χ2v) is 1.18. The first-order valence-corrected chi connectivity index (χ1v) is 2.11. The smallest absolute Gasteiger partial charge is 0.296 e. The third-order valence-electron chi connectivity index (χ3n) is 0.287. The molecule has 6 heavy (non-hydrogen) atoms. The first-order valence-electron chi connectivity index (χ1n) is 1.34. The van der Waals surface area contributed by atoms with Crippen LogP contribution in [0.2, 0.25) is 0 Å². The van der Waals surface area contributed by atoms with E-state index in [0.29, 0.717) is 0 Å². The molecule has 0 aromatic rings. The van der Waals surface area contributed by atoms with Gasteiger partial charge in [0.15, 0.2) is 0 Å². The second kappa shape index (κ2) is 2.99. The van der Waals surface area contributed by atoms with Gasteiger partial charge in [-0.15, -0.1) is 0 Å². The second-order valence-electron chi connectivity index (χ2n) is 0.629. The quantitative estimate of drug-likeness (QED) is 0.441. The first kappa shape index (κ1) is 5.78. The summed E-state index contributed by atoms with van der Waals surface area (Å²) in [6.07, 6.45) is 0. The summed E-state index contributed by atoms with van der Waals surface area (Å²) in [4.78, 5) is 9.78. The lowest BCUT2D eigenvalue weighted by atomic mass is 11.2. The van der Waals surface area contributed by atoms with Gasteiger partial charge in [-0.3, -0.25) is 4.79 Å². The van der Waals surface area contributed by atoms with E-state index >= 15 is 0 Å². The minimum atomic E-state index is -0.435. The Morgan fingerprint density at radius 1 is 2.00 bits per heavy atom. The normalized spacial score (nSPS) is 7.67. The zero-order valence-electron chi connectivity index (χ0n) is 3.26. The van der Waals surface area contributed by atoms with Gasteiger partial charge < -0.3 is 5.32 Å². The van der Waals surface area contributed by atoms with Gasteiger partial charge >= 0.3 is 0 Å². The van der Waals surface area contributed by atoms with E-state index in [9.17, 15) is 4.79 Å². The third kappa shape index (κ3) is 2.04. The van der Waals surface area contributed by atoms with E-state index < -0.39 is 5.24 Å². The van der Waals surface area contributed by atoms with Crippen LogP contribution in [0.1, 0.15) is 0 Å². The molecule has 0 heterocycles. The van der Waals surface area contributed by atoms with Gasteiger partial charge in [0.1, 0.15) is 0 Å². The Morgan fingerprint density at radius 2 is 2.50 bits per heavy atom. The predicted octanol–water partition coefficient (Wildman–Crippen LogP) is 0.0427. The van der Waals surface area contributed by atoms with Crippen molar-refractivity contribution in [2.24, 2.45) is 0 Å². The molecule has 2 radical (unpaired) electrons. The summed E-state index contributed by atoms with van der Waals surface area (Å²) < 4.78 is 0. The summed E-state index contributed by atoms with van der Waals surface area (Å²) in [6, 6.07) is 0. The van der Waals surface area contributed by atoms with Crippen molar-refractivity contribution in [2.45, 2.75) is 0 Å². The topological polar surface area (TPSA) is 51.4 Å². The molecule has 34 valence electrons. The van der Waals surface area contributed by atoms with E-state index in [1.165, 1.54) is 7.05 Å². The van der Waals surface area contributed by atoms with E-state index in [0.717, 1.165) is 0 Å². The van der Waals surface area contributed by atoms with Gasteiger partial charge in [0.2, 0.25) is 0 Å². The fourth-order valence-electron chi connectivity index (χ4n) is 0.0456. The van der Waals surface area contributed by atoms with Gasteiger partial charge in [-0.25, -0.2) is 0 Å². The molecule has 0 aliphatic rings. The lowest BCUT2D eigenvalue weighted by Gasteiger charge is -1.83. The maximum Gasteiger partial charge on any atom is 0.296 e. The lowest BCUT2D eigenvalue weighted by Crippen LogP contribution is -2.10. The van der Waals surface area contributed by atoms with Crippen LogP contribution in [0.15, 0.2) is 0 Å². The maximum absolute atomic E-state index is 9.78. The zero-order valence-corrected chi connectivity index (χ0v) is 4.08. The number of nitrogens with one attached hydrogen (secondary N) is 1. The molecule has 4 heteroatoms.